The van der Waals surface area contributed by atoms with Crippen LogP contribution in [0.3, 0.4) is 0 Å². The highest BCUT2D eigenvalue weighted by Crippen LogP contribution is 2.14. The monoisotopic (exact) mass is 288 g/mol. The van der Waals surface area contributed by atoms with Crippen LogP contribution in [0.25, 0.3) is 0 Å². The van der Waals surface area contributed by atoms with E-state index in [0.717, 1.165) is 0 Å². The van der Waals surface area contributed by atoms with E-state index in [1.807, 2.05) is 0 Å². The van der Waals surface area contributed by atoms with Crippen molar-refractivity contribution in [3.05, 3.63) is 35.4 Å². The van der Waals surface area contributed by atoms with Gasteiger partial charge in [-0.2, -0.15) is 8.42 Å². The van der Waals surface area contributed by atoms with E-state index in [-0.39, 0.29) is 0 Å². The smallest absolute Gasteiger partial charge is 0.264 e. The van der Waals surface area contributed by atoms with Gasteiger partial charge in [0.15, 0.2) is 0 Å². The predicted octanol–water partition coefficient (Wildman–Crippen LogP) is 3.72. The Morgan fingerprint density at radius 2 is 1.21 bits per heavy atom. The van der Waals surface area contributed by atoms with Gasteiger partial charge in [-0.15, -0.1) is 0 Å². The molecule has 19 heavy (non-hydrogen) atoms. The molecule has 0 saturated carbocycles. The number of hydrogen-bond donors (Lipinski definition) is 2. The third-order valence-corrected chi connectivity index (χ3v) is 2.72. The minimum absolute atomic E-state index is 1.26. The zero-order valence-corrected chi connectivity index (χ0v) is 12.5. The molecule has 1 rings (SSSR count). The molecule has 0 heterocycles. The van der Waals surface area contributed by atoms with Crippen LogP contribution >= 0.6 is 0 Å². The van der Waals surface area contributed by atoms with Crippen LogP contribution in [0.5, 0.6) is 0 Å². The maximum atomic E-state index is 8.74. The Hall–Kier alpha value is -0.910. The fourth-order valence-corrected chi connectivity index (χ4v) is 1.78. The lowest BCUT2D eigenvalue weighted by atomic mass is 9.98. The van der Waals surface area contributed by atoms with E-state index < -0.39 is 10.4 Å². The van der Waals surface area contributed by atoms with Crippen LogP contribution in [0.15, 0.2) is 24.3 Å². The Kier molecular flexibility index (Phi) is 9.47. The number of benzene rings is 1. The van der Waals surface area contributed by atoms with Gasteiger partial charge in [-0.1, -0.05) is 51.0 Å². The standard InChI is InChI=1S/C14H22.H2O4S/c1-3-5-9-13-11-7-8-12-14(13)10-6-4-2;1-5(2,3)4/h7-8,11-12H,3-6,9-10H2,1-2H3;(H2,1,2,3,4). The minimum Gasteiger partial charge on any atom is -0.264 e. The molecular formula is C14H24O4S. The summed E-state index contributed by atoms with van der Waals surface area (Å²) in [6.07, 6.45) is 7.75. The van der Waals surface area contributed by atoms with Gasteiger partial charge < -0.3 is 0 Å². The molecule has 0 aliphatic carbocycles. The predicted molar refractivity (Wildman–Crippen MR) is 77.8 cm³/mol. The topological polar surface area (TPSA) is 74.6 Å². The van der Waals surface area contributed by atoms with Crippen molar-refractivity contribution in [2.45, 2.75) is 52.4 Å². The van der Waals surface area contributed by atoms with Gasteiger partial charge in [-0.25, -0.2) is 0 Å². The van der Waals surface area contributed by atoms with Crippen LogP contribution in [-0.2, 0) is 23.2 Å². The van der Waals surface area contributed by atoms with E-state index in [2.05, 4.69) is 38.1 Å². The van der Waals surface area contributed by atoms with Crippen molar-refractivity contribution in [1.29, 1.82) is 0 Å². The summed E-state index contributed by atoms with van der Waals surface area (Å²) in [6.45, 7) is 4.52. The van der Waals surface area contributed by atoms with Crippen molar-refractivity contribution < 1.29 is 17.5 Å². The highest BCUT2D eigenvalue weighted by molar-refractivity contribution is 7.79. The average Bonchev–Trinajstić information content (AvgIpc) is 2.32. The molecule has 0 saturated heterocycles. The summed E-state index contributed by atoms with van der Waals surface area (Å²) in [4.78, 5) is 0. The molecule has 0 unspecified atom stereocenters. The molecule has 1 aromatic carbocycles. The van der Waals surface area contributed by atoms with Gasteiger partial charge in [0.2, 0.25) is 0 Å². The summed E-state index contributed by atoms with van der Waals surface area (Å²) in [5.74, 6) is 0. The molecule has 0 radical (unpaired) electrons. The Morgan fingerprint density at radius 3 is 1.47 bits per heavy atom. The van der Waals surface area contributed by atoms with Crippen LogP contribution in [0.2, 0.25) is 0 Å². The second-order valence-electron chi connectivity index (χ2n) is 4.42. The first-order chi connectivity index (χ1) is 8.88. The van der Waals surface area contributed by atoms with Gasteiger partial charge in [0, 0.05) is 0 Å². The molecule has 0 atom stereocenters. The van der Waals surface area contributed by atoms with Crippen molar-refractivity contribution in [2.24, 2.45) is 0 Å². The fraction of sp³-hybridized carbons (Fsp3) is 0.571. The SMILES string of the molecule is CCCCc1ccccc1CCCC.O=S(=O)(O)O. The fourth-order valence-electron chi connectivity index (χ4n) is 1.78. The first-order valence-corrected chi connectivity index (χ1v) is 8.04. The van der Waals surface area contributed by atoms with Gasteiger partial charge >= 0.3 is 10.4 Å². The maximum absolute atomic E-state index is 8.74. The van der Waals surface area contributed by atoms with E-state index in [1.165, 1.54) is 38.5 Å². The largest absolute Gasteiger partial charge is 0.394 e. The second-order valence-corrected chi connectivity index (χ2v) is 5.32. The Labute approximate surface area is 116 Å². The van der Waals surface area contributed by atoms with Crippen molar-refractivity contribution in [1.82, 2.24) is 0 Å². The van der Waals surface area contributed by atoms with Gasteiger partial charge in [0.1, 0.15) is 0 Å². The molecule has 1 aromatic rings. The lowest BCUT2D eigenvalue weighted by molar-refractivity contribution is 0.381. The van der Waals surface area contributed by atoms with Crippen LogP contribution in [-0.4, -0.2) is 17.5 Å². The van der Waals surface area contributed by atoms with Crippen molar-refractivity contribution in [3.63, 3.8) is 0 Å². The summed E-state index contributed by atoms with van der Waals surface area (Å²) >= 11 is 0. The number of aryl methyl sites for hydroxylation is 2. The van der Waals surface area contributed by atoms with E-state index in [0.29, 0.717) is 0 Å². The van der Waals surface area contributed by atoms with Gasteiger partial charge in [0.25, 0.3) is 0 Å². The minimum atomic E-state index is -4.67. The normalized spacial score (nSPS) is 10.7. The van der Waals surface area contributed by atoms with Crippen molar-refractivity contribution in [3.8, 4) is 0 Å². The number of rotatable bonds is 6. The quantitative estimate of drug-likeness (QED) is 0.782. The van der Waals surface area contributed by atoms with Crippen LogP contribution < -0.4 is 0 Å². The van der Waals surface area contributed by atoms with Gasteiger partial charge in [0.05, 0.1) is 0 Å². The molecule has 0 aliphatic heterocycles. The zero-order valence-electron chi connectivity index (χ0n) is 11.7. The highest BCUT2D eigenvalue weighted by Gasteiger charge is 1.99. The van der Waals surface area contributed by atoms with Crippen LogP contribution in [0.4, 0.5) is 0 Å². The Balaban J connectivity index is 0.000000555. The third kappa shape index (κ3) is 11.9. The van der Waals surface area contributed by atoms with Crippen molar-refractivity contribution >= 4 is 10.4 Å². The molecule has 110 valence electrons. The summed E-state index contributed by atoms with van der Waals surface area (Å²) < 4.78 is 31.6. The zero-order chi connectivity index (χ0) is 14.7. The van der Waals surface area contributed by atoms with Gasteiger partial charge in [-0.3, -0.25) is 9.11 Å². The average molecular weight is 288 g/mol. The molecule has 0 spiro atoms. The molecule has 2 N–H and O–H groups in total. The Bertz CT molecular complexity index is 406. The highest BCUT2D eigenvalue weighted by atomic mass is 32.3. The molecule has 0 fully saturated rings. The molecule has 0 aliphatic rings. The van der Waals surface area contributed by atoms with Crippen LogP contribution in [0.1, 0.15) is 50.7 Å². The summed E-state index contributed by atoms with van der Waals surface area (Å²) in [5, 5.41) is 0. The summed E-state index contributed by atoms with van der Waals surface area (Å²) in [6, 6.07) is 8.92. The van der Waals surface area contributed by atoms with Crippen molar-refractivity contribution in [2.75, 3.05) is 0 Å². The van der Waals surface area contributed by atoms with Gasteiger partial charge in [-0.05, 0) is 36.8 Å². The van der Waals surface area contributed by atoms with E-state index in [1.54, 1.807) is 11.1 Å². The molecular weight excluding hydrogens is 264 g/mol. The van der Waals surface area contributed by atoms with Crippen LogP contribution in [0, 0.1) is 0 Å². The Morgan fingerprint density at radius 1 is 0.895 bits per heavy atom. The molecule has 5 heteroatoms. The number of unbranched alkanes of at least 4 members (excludes halogenated alkanes) is 2. The lowest BCUT2D eigenvalue weighted by Gasteiger charge is -2.07. The lowest BCUT2D eigenvalue weighted by Crippen LogP contribution is -1.94. The van der Waals surface area contributed by atoms with E-state index in [9.17, 15) is 0 Å². The molecule has 0 aromatic heterocycles. The third-order valence-electron chi connectivity index (χ3n) is 2.72. The number of hydrogen-bond acceptors (Lipinski definition) is 2. The maximum Gasteiger partial charge on any atom is 0.394 e. The summed E-state index contributed by atoms with van der Waals surface area (Å²) in [7, 11) is -4.67. The molecule has 0 bridgehead atoms. The summed E-state index contributed by atoms with van der Waals surface area (Å²) in [5.41, 5.74) is 3.14. The first-order valence-electron chi connectivity index (χ1n) is 6.65. The molecule has 0 amide bonds. The van der Waals surface area contributed by atoms with E-state index >= 15 is 0 Å². The first kappa shape index (κ1) is 18.1. The van der Waals surface area contributed by atoms with E-state index in [4.69, 9.17) is 17.5 Å². The molecule has 4 nitrogen and oxygen atoms in total. The second kappa shape index (κ2) is 9.95.